The molecule has 0 saturated carbocycles. The van der Waals surface area contributed by atoms with Crippen LogP contribution in [0.2, 0.25) is 0 Å². The number of nitrogens with one attached hydrogen (secondary N) is 1. The van der Waals surface area contributed by atoms with Crippen LogP contribution in [0.15, 0.2) is 24.3 Å². The first-order valence-corrected chi connectivity index (χ1v) is 5.85. The third kappa shape index (κ3) is 2.74. The molecular formula is C13H19NO2. The van der Waals surface area contributed by atoms with Crippen LogP contribution in [0.4, 0.5) is 0 Å². The zero-order chi connectivity index (χ0) is 11.4. The molecule has 1 aromatic carbocycles. The summed E-state index contributed by atoms with van der Waals surface area (Å²) in [5.41, 5.74) is 0.952. The normalized spacial score (nSPS) is 22.2. The lowest BCUT2D eigenvalue weighted by atomic mass is 10.0. The molecule has 1 fully saturated rings. The van der Waals surface area contributed by atoms with Gasteiger partial charge >= 0.3 is 0 Å². The van der Waals surface area contributed by atoms with Crippen molar-refractivity contribution in [2.75, 3.05) is 13.2 Å². The highest BCUT2D eigenvalue weighted by Gasteiger charge is 2.21. The van der Waals surface area contributed by atoms with E-state index in [-0.39, 0.29) is 0 Å². The Hall–Kier alpha value is -1.06. The summed E-state index contributed by atoms with van der Waals surface area (Å²) in [4.78, 5) is 0. The lowest BCUT2D eigenvalue weighted by Crippen LogP contribution is -2.33. The van der Waals surface area contributed by atoms with Gasteiger partial charge < -0.3 is 15.2 Å². The highest BCUT2D eigenvalue weighted by atomic mass is 16.5. The van der Waals surface area contributed by atoms with Crippen molar-refractivity contribution < 1.29 is 9.84 Å². The Morgan fingerprint density at radius 2 is 2.31 bits per heavy atom. The summed E-state index contributed by atoms with van der Waals surface area (Å²) in [6, 6.07) is 7.88. The smallest absolute Gasteiger partial charge is 0.120 e. The topological polar surface area (TPSA) is 41.5 Å². The predicted molar refractivity (Wildman–Crippen MR) is 63.3 cm³/mol. The number of benzene rings is 1. The van der Waals surface area contributed by atoms with Crippen molar-refractivity contribution in [2.45, 2.75) is 25.9 Å². The molecule has 1 aliphatic heterocycles. The van der Waals surface area contributed by atoms with Crippen LogP contribution in [0.5, 0.6) is 5.75 Å². The maximum Gasteiger partial charge on any atom is 0.120 e. The summed E-state index contributed by atoms with van der Waals surface area (Å²) in [5, 5.41) is 13.1. The largest absolute Gasteiger partial charge is 0.508 e. The molecule has 0 amide bonds. The summed E-state index contributed by atoms with van der Waals surface area (Å²) >= 11 is 0. The molecule has 0 radical (unpaired) electrons. The second kappa shape index (κ2) is 5.32. The van der Waals surface area contributed by atoms with Crippen LogP contribution >= 0.6 is 0 Å². The average molecular weight is 221 g/mol. The fourth-order valence-corrected chi connectivity index (χ4v) is 2.05. The van der Waals surface area contributed by atoms with E-state index in [1.807, 2.05) is 18.2 Å². The zero-order valence-electron chi connectivity index (χ0n) is 9.65. The van der Waals surface area contributed by atoms with E-state index in [1.165, 1.54) is 0 Å². The van der Waals surface area contributed by atoms with Crippen molar-refractivity contribution in [1.29, 1.82) is 0 Å². The molecule has 0 aromatic heterocycles. The summed E-state index contributed by atoms with van der Waals surface area (Å²) in [5.74, 6) is 0.968. The minimum Gasteiger partial charge on any atom is -0.508 e. The lowest BCUT2D eigenvalue weighted by molar-refractivity contribution is 0.178. The van der Waals surface area contributed by atoms with Crippen molar-refractivity contribution in [3.63, 3.8) is 0 Å². The molecule has 0 spiro atoms. The van der Waals surface area contributed by atoms with E-state index in [4.69, 9.17) is 4.74 Å². The molecule has 0 aliphatic carbocycles. The van der Waals surface area contributed by atoms with Gasteiger partial charge in [-0.1, -0.05) is 18.2 Å². The molecule has 3 heteroatoms. The van der Waals surface area contributed by atoms with Gasteiger partial charge in [0.05, 0.1) is 6.61 Å². The number of hydrogen-bond donors (Lipinski definition) is 2. The summed E-state index contributed by atoms with van der Waals surface area (Å²) in [7, 11) is 0. The van der Waals surface area contributed by atoms with E-state index < -0.39 is 0 Å². The quantitative estimate of drug-likeness (QED) is 0.816. The Bertz CT molecular complexity index is 334. The monoisotopic (exact) mass is 221 g/mol. The van der Waals surface area contributed by atoms with Gasteiger partial charge in [-0.2, -0.15) is 0 Å². The Morgan fingerprint density at radius 1 is 1.50 bits per heavy atom. The van der Waals surface area contributed by atoms with Gasteiger partial charge in [-0.25, -0.2) is 0 Å². The number of ether oxygens (including phenoxy) is 1. The van der Waals surface area contributed by atoms with E-state index in [1.54, 1.807) is 6.07 Å². The van der Waals surface area contributed by atoms with Gasteiger partial charge in [0.1, 0.15) is 5.75 Å². The molecule has 0 bridgehead atoms. The van der Waals surface area contributed by atoms with Crippen molar-refractivity contribution >= 4 is 0 Å². The molecule has 1 saturated heterocycles. The Labute approximate surface area is 96.4 Å². The second-order valence-electron chi connectivity index (χ2n) is 4.42. The molecule has 2 rings (SSSR count). The Balaban J connectivity index is 1.84. The maximum atomic E-state index is 9.62. The van der Waals surface area contributed by atoms with E-state index in [9.17, 15) is 5.11 Å². The molecule has 2 unspecified atom stereocenters. The van der Waals surface area contributed by atoms with Crippen molar-refractivity contribution in [1.82, 2.24) is 5.32 Å². The number of hydrogen-bond acceptors (Lipinski definition) is 3. The van der Waals surface area contributed by atoms with Crippen LogP contribution in [0.1, 0.15) is 18.9 Å². The van der Waals surface area contributed by atoms with Gasteiger partial charge in [0.2, 0.25) is 0 Å². The lowest BCUT2D eigenvalue weighted by Gasteiger charge is -2.19. The standard InChI is InChI=1S/C13H19NO2/c1-10(12-6-7-16-9-12)14-8-11-4-2-3-5-13(11)15/h2-5,10,12,14-15H,6-9H2,1H3. The number of phenolic OH excluding ortho intramolecular Hbond substituents is 1. The van der Waals surface area contributed by atoms with Crippen molar-refractivity contribution in [3.8, 4) is 5.75 Å². The number of aromatic hydroxyl groups is 1. The summed E-state index contributed by atoms with van der Waals surface area (Å²) in [6.07, 6.45) is 1.13. The average Bonchev–Trinajstić information content (AvgIpc) is 2.81. The molecule has 3 nitrogen and oxygen atoms in total. The van der Waals surface area contributed by atoms with Crippen molar-refractivity contribution in [2.24, 2.45) is 5.92 Å². The first kappa shape index (κ1) is 11.4. The third-order valence-electron chi connectivity index (χ3n) is 3.28. The molecule has 1 aromatic rings. The minimum absolute atomic E-state index is 0.366. The first-order valence-electron chi connectivity index (χ1n) is 5.85. The Kier molecular flexibility index (Phi) is 3.80. The first-order chi connectivity index (χ1) is 7.77. The number of phenols is 1. The second-order valence-corrected chi connectivity index (χ2v) is 4.42. The van der Waals surface area contributed by atoms with E-state index in [0.29, 0.717) is 24.3 Å². The van der Waals surface area contributed by atoms with Crippen LogP contribution in [0, 0.1) is 5.92 Å². The van der Waals surface area contributed by atoms with Gasteiger partial charge in [-0.15, -0.1) is 0 Å². The highest BCUT2D eigenvalue weighted by Crippen LogP contribution is 2.19. The maximum absolute atomic E-state index is 9.62. The minimum atomic E-state index is 0.366. The molecule has 1 aliphatic rings. The van der Waals surface area contributed by atoms with Gasteiger partial charge in [0.15, 0.2) is 0 Å². The molecule has 2 atom stereocenters. The SMILES string of the molecule is CC(NCc1ccccc1O)C1CCOC1. The summed E-state index contributed by atoms with van der Waals surface area (Å²) in [6.45, 7) is 4.63. The van der Waals surface area contributed by atoms with Crippen LogP contribution in [-0.2, 0) is 11.3 Å². The van der Waals surface area contributed by atoms with Crippen LogP contribution < -0.4 is 5.32 Å². The van der Waals surface area contributed by atoms with Crippen LogP contribution in [-0.4, -0.2) is 24.4 Å². The van der Waals surface area contributed by atoms with E-state index >= 15 is 0 Å². The van der Waals surface area contributed by atoms with E-state index in [2.05, 4.69) is 12.2 Å². The van der Waals surface area contributed by atoms with Gasteiger partial charge in [-0.3, -0.25) is 0 Å². The summed E-state index contributed by atoms with van der Waals surface area (Å²) < 4.78 is 5.36. The van der Waals surface area contributed by atoms with Gasteiger partial charge in [0.25, 0.3) is 0 Å². The molecular weight excluding hydrogens is 202 g/mol. The fourth-order valence-electron chi connectivity index (χ4n) is 2.05. The van der Waals surface area contributed by atoms with Gasteiger partial charge in [-0.05, 0) is 25.3 Å². The molecule has 1 heterocycles. The molecule has 16 heavy (non-hydrogen) atoms. The molecule has 88 valence electrons. The highest BCUT2D eigenvalue weighted by molar-refractivity contribution is 5.31. The van der Waals surface area contributed by atoms with Crippen molar-refractivity contribution in [3.05, 3.63) is 29.8 Å². The van der Waals surface area contributed by atoms with Gasteiger partial charge in [0, 0.05) is 24.8 Å². The predicted octanol–water partition coefficient (Wildman–Crippen LogP) is 1.91. The number of para-hydroxylation sites is 1. The Morgan fingerprint density at radius 3 is 3.00 bits per heavy atom. The third-order valence-corrected chi connectivity index (χ3v) is 3.28. The number of rotatable bonds is 4. The fraction of sp³-hybridized carbons (Fsp3) is 0.538. The van der Waals surface area contributed by atoms with Crippen LogP contribution in [0.25, 0.3) is 0 Å². The zero-order valence-corrected chi connectivity index (χ0v) is 9.65. The van der Waals surface area contributed by atoms with Crippen LogP contribution in [0.3, 0.4) is 0 Å². The van der Waals surface area contributed by atoms with E-state index in [0.717, 1.165) is 25.2 Å². The molecule has 2 N–H and O–H groups in total.